The number of carbonyl (C=O) groups is 3. The summed E-state index contributed by atoms with van der Waals surface area (Å²) in [5.41, 5.74) is -0.674. The zero-order chi connectivity index (χ0) is 17.3. The van der Waals surface area contributed by atoms with Crippen molar-refractivity contribution in [2.45, 2.75) is 73.3 Å². The number of carbonyl (C=O) groups excluding carboxylic acids is 3. The number of ether oxygens (including phenoxy) is 1. The van der Waals surface area contributed by atoms with E-state index in [1.165, 1.54) is 0 Å². The van der Waals surface area contributed by atoms with Crippen LogP contribution in [-0.4, -0.2) is 23.1 Å². The molecular weight excluding hydrogens is 280 g/mol. The van der Waals surface area contributed by atoms with E-state index >= 15 is 0 Å². The second-order valence-electron chi connectivity index (χ2n) is 8.32. The molecule has 0 N–H and O–H groups in total. The minimum absolute atomic E-state index is 0.0716. The summed E-state index contributed by atoms with van der Waals surface area (Å²) in [6.07, 6.45) is 0.957. The lowest BCUT2D eigenvalue weighted by molar-refractivity contribution is -0.151. The first-order valence-corrected chi connectivity index (χ1v) is 7.85. The van der Waals surface area contributed by atoms with Gasteiger partial charge in [-0.3, -0.25) is 9.59 Å². The Morgan fingerprint density at radius 2 is 1.59 bits per heavy atom. The Morgan fingerprint density at radius 1 is 1.14 bits per heavy atom. The summed E-state index contributed by atoms with van der Waals surface area (Å²) in [6.45, 7) is 13.0. The summed E-state index contributed by atoms with van der Waals surface area (Å²) < 4.78 is 5.40. The molecule has 1 rings (SSSR count). The summed E-state index contributed by atoms with van der Waals surface area (Å²) >= 11 is 0. The van der Waals surface area contributed by atoms with Crippen molar-refractivity contribution in [3.63, 3.8) is 0 Å². The molecule has 4 nitrogen and oxygen atoms in total. The minimum Gasteiger partial charge on any atom is -0.457 e. The topological polar surface area (TPSA) is 60.4 Å². The molecular formula is C18H28O4. The van der Waals surface area contributed by atoms with Gasteiger partial charge in [-0.2, -0.15) is 0 Å². The first kappa shape index (κ1) is 18.6. The average molecular weight is 308 g/mol. The van der Waals surface area contributed by atoms with Crippen LogP contribution in [-0.2, 0) is 19.1 Å². The maximum absolute atomic E-state index is 12.5. The Balaban J connectivity index is 3.27. The van der Waals surface area contributed by atoms with E-state index in [0.717, 1.165) is 0 Å². The number of esters is 1. The normalized spacial score (nSPS) is 18.6. The van der Waals surface area contributed by atoms with E-state index in [1.54, 1.807) is 20.8 Å². The molecule has 1 fully saturated rings. The van der Waals surface area contributed by atoms with Gasteiger partial charge in [-0.05, 0) is 38.5 Å². The van der Waals surface area contributed by atoms with Crippen LogP contribution in [0.15, 0.2) is 11.1 Å². The molecule has 0 heterocycles. The molecule has 0 amide bonds. The highest BCUT2D eigenvalue weighted by molar-refractivity contribution is 6.25. The first-order chi connectivity index (χ1) is 9.82. The lowest BCUT2D eigenvalue weighted by Crippen LogP contribution is -2.35. The predicted molar refractivity (Wildman–Crippen MR) is 85.4 cm³/mol. The zero-order valence-electron chi connectivity index (χ0n) is 14.8. The molecule has 22 heavy (non-hydrogen) atoms. The van der Waals surface area contributed by atoms with Gasteiger partial charge in [0.15, 0.2) is 11.6 Å². The van der Waals surface area contributed by atoms with Gasteiger partial charge >= 0.3 is 5.97 Å². The predicted octanol–water partition coefficient (Wildman–Crippen LogP) is 3.63. The fourth-order valence-electron chi connectivity index (χ4n) is 2.64. The van der Waals surface area contributed by atoms with Crippen molar-refractivity contribution < 1.29 is 19.1 Å². The highest BCUT2D eigenvalue weighted by Crippen LogP contribution is 2.36. The Morgan fingerprint density at radius 3 is 1.95 bits per heavy atom. The molecule has 0 aliphatic heterocycles. The fourth-order valence-corrected chi connectivity index (χ4v) is 2.64. The lowest BCUT2D eigenvalue weighted by atomic mass is 9.72. The van der Waals surface area contributed by atoms with Gasteiger partial charge in [0.25, 0.3) is 0 Å². The van der Waals surface area contributed by atoms with Crippen LogP contribution >= 0.6 is 0 Å². The number of hydrogen-bond donors (Lipinski definition) is 0. The van der Waals surface area contributed by atoms with Crippen LogP contribution in [0.2, 0.25) is 0 Å². The standard InChI is InChI=1S/C18H28O4/c1-11(2)8-12(16(21)22-17(3,4)5)15-13(19)9-18(6,7)10-14(15)20/h11H,8-10H2,1-7H3. The number of allylic oxidation sites excluding steroid dienone is 1. The lowest BCUT2D eigenvalue weighted by Gasteiger charge is -2.30. The van der Waals surface area contributed by atoms with Gasteiger partial charge < -0.3 is 4.74 Å². The van der Waals surface area contributed by atoms with Gasteiger partial charge in [0.1, 0.15) is 5.60 Å². The van der Waals surface area contributed by atoms with Crippen molar-refractivity contribution >= 4 is 17.5 Å². The SMILES string of the molecule is CC(C)CC(C(=O)OC(C)(C)C)=C1C(=O)CC(C)(C)CC1=O. The molecule has 1 saturated carbocycles. The van der Waals surface area contributed by atoms with Crippen LogP contribution in [0, 0.1) is 11.3 Å². The van der Waals surface area contributed by atoms with Crippen LogP contribution in [0.3, 0.4) is 0 Å². The van der Waals surface area contributed by atoms with Gasteiger partial charge in [0.2, 0.25) is 0 Å². The van der Waals surface area contributed by atoms with E-state index in [-0.39, 0.29) is 34.0 Å². The Kier molecular flexibility index (Phi) is 5.37. The van der Waals surface area contributed by atoms with E-state index in [0.29, 0.717) is 19.3 Å². The minimum atomic E-state index is -0.653. The van der Waals surface area contributed by atoms with Crippen molar-refractivity contribution in [3.05, 3.63) is 11.1 Å². The molecule has 1 aliphatic rings. The third-order valence-corrected chi connectivity index (χ3v) is 3.40. The Labute approximate surface area is 133 Å². The van der Waals surface area contributed by atoms with Gasteiger partial charge in [0, 0.05) is 12.8 Å². The number of rotatable bonds is 3. The first-order valence-electron chi connectivity index (χ1n) is 7.85. The molecule has 4 heteroatoms. The molecule has 0 atom stereocenters. The van der Waals surface area contributed by atoms with Gasteiger partial charge in [-0.25, -0.2) is 4.79 Å². The Hall–Kier alpha value is -1.45. The smallest absolute Gasteiger partial charge is 0.335 e. The van der Waals surface area contributed by atoms with Crippen LogP contribution in [0.25, 0.3) is 0 Å². The van der Waals surface area contributed by atoms with E-state index in [4.69, 9.17) is 4.74 Å². The molecule has 0 spiro atoms. The summed E-state index contributed by atoms with van der Waals surface area (Å²) in [5, 5.41) is 0. The average Bonchev–Trinajstić information content (AvgIpc) is 2.21. The highest BCUT2D eigenvalue weighted by atomic mass is 16.6. The molecule has 0 unspecified atom stereocenters. The van der Waals surface area contributed by atoms with Crippen LogP contribution in [0.4, 0.5) is 0 Å². The van der Waals surface area contributed by atoms with E-state index < -0.39 is 11.6 Å². The summed E-state index contributed by atoms with van der Waals surface area (Å²) in [4.78, 5) is 37.3. The molecule has 0 aromatic heterocycles. The summed E-state index contributed by atoms with van der Waals surface area (Å²) in [6, 6.07) is 0. The molecule has 0 radical (unpaired) electrons. The van der Waals surface area contributed by atoms with Crippen molar-refractivity contribution in [3.8, 4) is 0 Å². The Bertz CT molecular complexity index is 494. The molecule has 0 aromatic carbocycles. The quantitative estimate of drug-likeness (QED) is 0.454. The summed E-state index contributed by atoms with van der Waals surface area (Å²) in [5.74, 6) is -0.853. The number of hydrogen-bond acceptors (Lipinski definition) is 4. The van der Waals surface area contributed by atoms with Crippen LogP contribution < -0.4 is 0 Å². The van der Waals surface area contributed by atoms with Crippen molar-refractivity contribution in [2.75, 3.05) is 0 Å². The third-order valence-electron chi connectivity index (χ3n) is 3.40. The second-order valence-corrected chi connectivity index (χ2v) is 8.32. The van der Waals surface area contributed by atoms with Crippen LogP contribution in [0.5, 0.6) is 0 Å². The second kappa shape index (κ2) is 6.35. The molecule has 124 valence electrons. The third kappa shape index (κ3) is 5.08. The van der Waals surface area contributed by atoms with Gasteiger partial charge in [-0.1, -0.05) is 27.7 Å². The zero-order valence-corrected chi connectivity index (χ0v) is 14.8. The molecule has 0 aromatic rings. The van der Waals surface area contributed by atoms with Crippen molar-refractivity contribution in [1.82, 2.24) is 0 Å². The van der Waals surface area contributed by atoms with Crippen LogP contribution in [0.1, 0.15) is 67.7 Å². The maximum Gasteiger partial charge on any atom is 0.335 e. The number of Topliss-reactive ketones (excluding diaryl/α,β-unsaturated/α-hetero) is 2. The molecule has 0 saturated heterocycles. The largest absolute Gasteiger partial charge is 0.457 e. The summed E-state index contributed by atoms with van der Waals surface area (Å²) in [7, 11) is 0. The van der Waals surface area contributed by atoms with Crippen molar-refractivity contribution in [2.24, 2.45) is 11.3 Å². The maximum atomic E-state index is 12.5. The van der Waals surface area contributed by atoms with Gasteiger partial charge in [-0.15, -0.1) is 0 Å². The molecule has 0 bridgehead atoms. The van der Waals surface area contributed by atoms with E-state index in [9.17, 15) is 14.4 Å². The molecule has 1 aliphatic carbocycles. The highest BCUT2D eigenvalue weighted by Gasteiger charge is 2.39. The monoisotopic (exact) mass is 308 g/mol. The van der Waals surface area contributed by atoms with E-state index in [2.05, 4.69) is 0 Å². The number of ketones is 2. The van der Waals surface area contributed by atoms with Gasteiger partial charge in [0.05, 0.1) is 11.1 Å². The van der Waals surface area contributed by atoms with E-state index in [1.807, 2.05) is 27.7 Å². The fraction of sp³-hybridized carbons (Fsp3) is 0.722. The van der Waals surface area contributed by atoms with Crippen molar-refractivity contribution in [1.29, 1.82) is 0 Å².